The first-order valence-electron chi connectivity index (χ1n) is 4.37. The Hall–Kier alpha value is -1.55. The SMILES string of the molecule is Nc1cc(-c2cccc(Cl)c2CF)[nH]n1. The molecule has 15 heavy (non-hydrogen) atoms. The van der Waals surface area contributed by atoms with Gasteiger partial charge in [-0.15, -0.1) is 0 Å². The Balaban J connectivity index is 2.57. The highest BCUT2D eigenvalue weighted by Gasteiger charge is 2.10. The van der Waals surface area contributed by atoms with Crippen molar-refractivity contribution < 1.29 is 4.39 Å². The molecule has 5 heteroatoms. The van der Waals surface area contributed by atoms with Crippen LogP contribution in [-0.4, -0.2) is 10.2 Å². The van der Waals surface area contributed by atoms with E-state index in [-0.39, 0.29) is 0 Å². The molecule has 0 spiro atoms. The molecule has 0 saturated heterocycles. The maximum absolute atomic E-state index is 12.8. The van der Waals surface area contributed by atoms with Gasteiger partial charge in [0.05, 0.1) is 5.69 Å². The highest BCUT2D eigenvalue weighted by Crippen LogP contribution is 2.29. The molecule has 2 rings (SSSR count). The van der Waals surface area contributed by atoms with Gasteiger partial charge in [0.25, 0.3) is 0 Å². The zero-order valence-electron chi connectivity index (χ0n) is 7.80. The van der Waals surface area contributed by atoms with Crippen LogP contribution in [0.3, 0.4) is 0 Å². The Morgan fingerprint density at radius 1 is 1.47 bits per heavy atom. The number of alkyl halides is 1. The zero-order chi connectivity index (χ0) is 10.8. The van der Waals surface area contributed by atoms with Crippen LogP contribution in [0.1, 0.15) is 5.56 Å². The molecule has 3 nitrogen and oxygen atoms in total. The molecule has 2 aromatic rings. The Morgan fingerprint density at radius 2 is 2.27 bits per heavy atom. The third kappa shape index (κ3) is 1.80. The van der Waals surface area contributed by atoms with E-state index in [0.29, 0.717) is 27.7 Å². The standard InChI is InChI=1S/C10H9ClFN3/c11-8-3-1-2-6(7(8)5-12)9-4-10(13)15-14-9/h1-4H,5H2,(H3,13,14,15). The number of anilines is 1. The minimum Gasteiger partial charge on any atom is -0.382 e. The van der Waals surface area contributed by atoms with Crippen LogP contribution in [0.2, 0.25) is 5.02 Å². The molecule has 3 N–H and O–H groups in total. The molecule has 0 bridgehead atoms. The number of nitrogens with one attached hydrogen (secondary N) is 1. The number of nitrogens with zero attached hydrogens (tertiary/aromatic N) is 1. The van der Waals surface area contributed by atoms with Gasteiger partial charge in [-0.05, 0) is 6.07 Å². The number of hydrogen-bond acceptors (Lipinski definition) is 2. The number of aromatic amines is 1. The average molecular weight is 226 g/mol. The minimum atomic E-state index is -0.617. The third-order valence-electron chi connectivity index (χ3n) is 2.14. The van der Waals surface area contributed by atoms with Crippen LogP contribution < -0.4 is 5.73 Å². The van der Waals surface area contributed by atoms with Crippen LogP contribution in [0.4, 0.5) is 10.2 Å². The lowest BCUT2D eigenvalue weighted by Gasteiger charge is -2.05. The van der Waals surface area contributed by atoms with Gasteiger partial charge in [-0.1, -0.05) is 23.7 Å². The number of aromatic nitrogens is 2. The van der Waals surface area contributed by atoms with E-state index in [2.05, 4.69) is 10.2 Å². The number of nitrogen functional groups attached to an aromatic ring is 1. The number of halogens is 2. The molecule has 78 valence electrons. The van der Waals surface area contributed by atoms with Crippen LogP contribution in [0.15, 0.2) is 24.3 Å². The smallest absolute Gasteiger partial charge is 0.145 e. The first-order valence-corrected chi connectivity index (χ1v) is 4.75. The van der Waals surface area contributed by atoms with Crippen LogP contribution in [0, 0.1) is 0 Å². The van der Waals surface area contributed by atoms with Gasteiger partial charge in [0, 0.05) is 22.2 Å². The van der Waals surface area contributed by atoms with E-state index < -0.39 is 6.67 Å². The number of hydrogen-bond donors (Lipinski definition) is 2. The summed E-state index contributed by atoms with van der Waals surface area (Å²) in [6, 6.07) is 6.83. The van der Waals surface area contributed by atoms with Crippen molar-refractivity contribution in [2.45, 2.75) is 6.67 Å². The summed E-state index contributed by atoms with van der Waals surface area (Å²) in [6.45, 7) is -0.617. The highest BCUT2D eigenvalue weighted by atomic mass is 35.5. The minimum absolute atomic E-state index is 0.370. The van der Waals surface area contributed by atoms with Gasteiger partial charge in [0.1, 0.15) is 12.5 Å². The molecule has 0 aliphatic carbocycles. The Bertz CT molecular complexity index is 481. The summed E-state index contributed by atoms with van der Waals surface area (Å²) in [5.41, 5.74) is 7.28. The maximum atomic E-state index is 12.8. The van der Waals surface area contributed by atoms with Crippen LogP contribution in [-0.2, 0) is 6.67 Å². The summed E-state index contributed by atoms with van der Waals surface area (Å²) in [5, 5.41) is 6.91. The van der Waals surface area contributed by atoms with Crippen molar-refractivity contribution >= 4 is 17.4 Å². The molecule has 1 aromatic carbocycles. The van der Waals surface area contributed by atoms with Gasteiger partial charge in [0.15, 0.2) is 0 Å². The van der Waals surface area contributed by atoms with Crippen molar-refractivity contribution in [1.82, 2.24) is 10.2 Å². The lowest BCUT2D eigenvalue weighted by molar-refractivity contribution is 0.486. The van der Waals surface area contributed by atoms with Crippen molar-refractivity contribution in [3.05, 3.63) is 34.9 Å². The molecule has 0 saturated carbocycles. The molecule has 0 unspecified atom stereocenters. The second kappa shape index (κ2) is 3.90. The summed E-state index contributed by atoms with van der Waals surface area (Å²) in [6.07, 6.45) is 0. The van der Waals surface area contributed by atoms with E-state index in [1.54, 1.807) is 24.3 Å². The van der Waals surface area contributed by atoms with Crippen molar-refractivity contribution in [2.24, 2.45) is 0 Å². The summed E-state index contributed by atoms with van der Waals surface area (Å²) in [4.78, 5) is 0. The number of rotatable bonds is 2. The monoisotopic (exact) mass is 225 g/mol. The third-order valence-corrected chi connectivity index (χ3v) is 2.49. The molecular formula is C10H9ClFN3. The molecule has 0 amide bonds. The van der Waals surface area contributed by atoms with Crippen LogP contribution >= 0.6 is 11.6 Å². The van der Waals surface area contributed by atoms with Gasteiger partial charge in [0.2, 0.25) is 0 Å². The van der Waals surface area contributed by atoms with Crippen molar-refractivity contribution in [1.29, 1.82) is 0 Å². The number of nitrogens with two attached hydrogens (primary N) is 1. The predicted molar refractivity (Wildman–Crippen MR) is 58.3 cm³/mol. The second-order valence-electron chi connectivity index (χ2n) is 3.11. The van der Waals surface area contributed by atoms with E-state index in [1.807, 2.05) is 0 Å². The van der Waals surface area contributed by atoms with E-state index in [1.165, 1.54) is 0 Å². The molecule has 0 aliphatic heterocycles. The molecule has 1 heterocycles. The molecule has 0 aliphatic rings. The van der Waals surface area contributed by atoms with Crippen molar-refractivity contribution in [2.75, 3.05) is 5.73 Å². The van der Waals surface area contributed by atoms with Crippen LogP contribution in [0.5, 0.6) is 0 Å². The van der Waals surface area contributed by atoms with E-state index in [0.717, 1.165) is 0 Å². The molecule has 0 atom stereocenters. The van der Waals surface area contributed by atoms with Crippen molar-refractivity contribution in [3.8, 4) is 11.3 Å². The Labute approximate surface area is 91.1 Å². The lowest BCUT2D eigenvalue weighted by atomic mass is 10.1. The Kier molecular flexibility index (Phi) is 2.60. The van der Waals surface area contributed by atoms with Gasteiger partial charge in [-0.2, -0.15) is 5.10 Å². The quantitative estimate of drug-likeness (QED) is 0.826. The van der Waals surface area contributed by atoms with E-state index in [4.69, 9.17) is 17.3 Å². The summed E-state index contributed by atoms with van der Waals surface area (Å²) in [5.74, 6) is 0.370. The van der Waals surface area contributed by atoms with Crippen molar-refractivity contribution in [3.63, 3.8) is 0 Å². The fourth-order valence-corrected chi connectivity index (χ4v) is 1.65. The second-order valence-corrected chi connectivity index (χ2v) is 3.51. The summed E-state index contributed by atoms with van der Waals surface area (Å²) >= 11 is 5.88. The first kappa shape index (κ1) is 9.98. The number of H-pyrrole nitrogens is 1. The van der Waals surface area contributed by atoms with Crippen LogP contribution in [0.25, 0.3) is 11.3 Å². The first-order chi connectivity index (χ1) is 7.22. The van der Waals surface area contributed by atoms with E-state index >= 15 is 0 Å². The van der Waals surface area contributed by atoms with Gasteiger partial charge >= 0.3 is 0 Å². The lowest BCUT2D eigenvalue weighted by Crippen LogP contribution is -1.88. The topological polar surface area (TPSA) is 54.7 Å². The van der Waals surface area contributed by atoms with Gasteiger partial charge in [-0.25, -0.2) is 4.39 Å². The molecule has 1 aromatic heterocycles. The molecule has 0 fully saturated rings. The predicted octanol–water partition coefficient (Wildman–Crippen LogP) is 2.78. The van der Waals surface area contributed by atoms with Gasteiger partial charge < -0.3 is 5.73 Å². The molecular weight excluding hydrogens is 217 g/mol. The fourth-order valence-electron chi connectivity index (χ4n) is 1.42. The maximum Gasteiger partial charge on any atom is 0.145 e. The van der Waals surface area contributed by atoms with E-state index in [9.17, 15) is 4.39 Å². The number of benzene rings is 1. The Morgan fingerprint density at radius 3 is 2.87 bits per heavy atom. The molecule has 0 radical (unpaired) electrons. The fraction of sp³-hybridized carbons (Fsp3) is 0.100. The summed E-state index contributed by atoms with van der Waals surface area (Å²) < 4.78 is 12.8. The normalized spacial score (nSPS) is 10.5. The largest absolute Gasteiger partial charge is 0.382 e. The van der Waals surface area contributed by atoms with Gasteiger partial charge in [-0.3, -0.25) is 5.10 Å². The highest BCUT2D eigenvalue weighted by molar-refractivity contribution is 6.31. The summed E-state index contributed by atoms with van der Waals surface area (Å²) in [7, 11) is 0. The zero-order valence-corrected chi connectivity index (χ0v) is 8.55. The average Bonchev–Trinajstić information content (AvgIpc) is 2.64.